The number of halogens is 1. The minimum Gasteiger partial charge on any atom is -0.481 e. The van der Waals surface area contributed by atoms with E-state index in [0.29, 0.717) is 16.3 Å². The van der Waals surface area contributed by atoms with E-state index in [0.717, 1.165) is 0 Å². The lowest BCUT2D eigenvalue weighted by Gasteiger charge is -2.17. The second-order valence-electron chi connectivity index (χ2n) is 5.40. The Morgan fingerprint density at radius 1 is 1.30 bits per heavy atom. The summed E-state index contributed by atoms with van der Waals surface area (Å²) in [5.74, 6) is -1.03. The van der Waals surface area contributed by atoms with Gasteiger partial charge in [-0.1, -0.05) is 37.6 Å². The monoisotopic (exact) mass is 336 g/mol. The third-order valence-corrected chi connectivity index (χ3v) is 3.54. The molecule has 1 unspecified atom stereocenters. The van der Waals surface area contributed by atoms with Gasteiger partial charge in [0.25, 0.3) is 5.91 Å². The number of rotatable bonds is 6. The highest BCUT2D eigenvalue weighted by Gasteiger charge is 2.24. The number of carboxylic acid groups (broad SMARTS) is 1. The van der Waals surface area contributed by atoms with E-state index in [2.05, 4.69) is 10.3 Å². The Morgan fingerprint density at radius 3 is 2.52 bits per heavy atom. The highest BCUT2D eigenvalue weighted by molar-refractivity contribution is 6.30. The maximum atomic E-state index is 12.4. The SMILES string of the molecule is CC(C)c1ocnc1C(=O)NC(CC(=O)O)c1ccc(Cl)cc1. The quantitative estimate of drug-likeness (QED) is 0.843. The number of aliphatic carboxylic acids is 1. The fourth-order valence-corrected chi connectivity index (χ4v) is 2.31. The Morgan fingerprint density at radius 2 is 1.96 bits per heavy atom. The van der Waals surface area contributed by atoms with E-state index in [1.54, 1.807) is 24.3 Å². The topological polar surface area (TPSA) is 92.4 Å². The van der Waals surface area contributed by atoms with Gasteiger partial charge in [0, 0.05) is 10.9 Å². The first kappa shape index (κ1) is 17.0. The van der Waals surface area contributed by atoms with Crippen molar-refractivity contribution in [3.8, 4) is 0 Å². The Bertz CT molecular complexity index is 694. The molecule has 1 aromatic carbocycles. The van der Waals surface area contributed by atoms with Crippen LogP contribution in [0.5, 0.6) is 0 Å². The van der Waals surface area contributed by atoms with Crippen molar-refractivity contribution in [2.24, 2.45) is 0 Å². The second-order valence-corrected chi connectivity index (χ2v) is 5.83. The number of aromatic nitrogens is 1. The van der Waals surface area contributed by atoms with Gasteiger partial charge in [-0.05, 0) is 17.7 Å². The molecule has 0 fully saturated rings. The molecule has 1 aromatic heterocycles. The van der Waals surface area contributed by atoms with Gasteiger partial charge in [0.1, 0.15) is 5.76 Å². The van der Waals surface area contributed by atoms with Gasteiger partial charge < -0.3 is 14.8 Å². The molecule has 122 valence electrons. The van der Waals surface area contributed by atoms with Crippen molar-refractivity contribution in [2.75, 3.05) is 0 Å². The Hall–Kier alpha value is -2.34. The molecule has 0 spiro atoms. The first-order valence-corrected chi connectivity index (χ1v) is 7.47. The molecule has 1 heterocycles. The minimum atomic E-state index is -1.02. The van der Waals surface area contributed by atoms with E-state index in [4.69, 9.17) is 21.1 Å². The van der Waals surface area contributed by atoms with Gasteiger partial charge in [-0.25, -0.2) is 4.98 Å². The van der Waals surface area contributed by atoms with Crippen molar-refractivity contribution in [2.45, 2.75) is 32.2 Å². The molecule has 7 heteroatoms. The highest BCUT2D eigenvalue weighted by Crippen LogP contribution is 2.22. The smallest absolute Gasteiger partial charge is 0.305 e. The van der Waals surface area contributed by atoms with Crippen LogP contribution in [0.2, 0.25) is 5.02 Å². The summed E-state index contributed by atoms with van der Waals surface area (Å²) in [5.41, 5.74) is 0.823. The summed E-state index contributed by atoms with van der Waals surface area (Å²) in [5, 5.41) is 12.3. The summed E-state index contributed by atoms with van der Waals surface area (Å²) in [6, 6.07) is 5.97. The van der Waals surface area contributed by atoms with Crippen molar-refractivity contribution in [1.29, 1.82) is 0 Å². The van der Waals surface area contributed by atoms with Crippen LogP contribution in [-0.2, 0) is 4.79 Å². The number of carbonyl (C=O) groups excluding carboxylic acids is 1. The van der Waals surface area contributed by atoms with Crippen molar-refractivity contribution in [1.82, 2.24) is 10.3 Å². The summed E-state index contributed by atoms with van der Waals surface area (Å²) < 4.78 is 5.23. The van der Waals surface area contributed by atoms with Gasteiger partial charge in [-0.2, -0.15) is 0 Å². The van der Waals surface area contributed by atoms with Crippen molar-refractivity contribution in [3.05, 3.63) is 52.7 Å². The van der Waals surface area contributed by atoms with Crippen molar-refractivity contribution >= 4 is 23.5 Å². The molecule has 2 N–H and O–H groups in total. The maximum Gasteiger partial charge on any atom is 0.305 e. The van der Waals surface area contributed by atoms with E-state index in [1.165, 1.54) is 6.39 Å². The second kappa shape index (κ2) is 7.28. The van der Waals surface area contributed by atoms with E-state index in [9.17, 15) is 9.59 Å². The van der Waals surface area contributed by atoms with E-state index in [-0.39, 0.29) is 18.0 Å². The number of carbonyl (C=O) groups is 2. The lowest BCUT2D eigenvalue weighted by molar-refractivity contribution is -0.137. The van der Waals surface area contributed by atoms with E-state index >= 15 is 0 Å². The first-order valence-electron chi connectivity index (χ1n) is 7.10. The van der Waals surface area contributed by atoms with Gasteiger partial charge in [-0.3, -0.25) is 9.59 Å². The van der Waals surface area contributed by atoms with Crippen LogP contribution in [0.25, 0.3) is 0 Å². The van der Waals surface area contributed by atoms with Crippen molar-refractivity contribution < 1.29 is 19.1 Å². The molecule has 0 radical (unpaired) electrons. The Labute approximate surface area is 138 Å². The van der Waals surface area contributed by atoms with Crippen LogP contribution in [0.3, 0.4) is 0 Å². The van der Waals surface area contributed by atoms with Crippen molar-refractivity contribution in [3.63, 3.8) is 0 Å². The molecule has 23 heavy (non-hydrogen) atoms. The molecule has 0 saturated carbocycles. The van der Waals surface area contributed by atoms with Crippen LogP contribution in [0.1, 0.15) is 54.0 Å². The molecule has 2 rings (SSSR count). The zero-order valence-electron chi connectivity index (χ0n) is 12.7. The minimum absolute atomic E-state index is 0.00768. The molecule has 0 bridgehead atoms. The number of carboxylic acids is 1. The van der Waals surface area contributed by atoms with Crippen LogP contribution in [0, 0.1) is 0 Å². The zero-order valence-corrected chi connectivity index (χ0v) is 13.5. The Balaban J connectivity index is 2.23. The third-order valence-electron chi connectivity index (χ3n) is 3.29. The van der Waals surface area contributed by atoms with E-state index in [1.807, 2.05) is 13.8 Å². The van der Waals surface area contributed by atoms with E-state index < -0.39 is 17.9 Å². The molecule has 0 aliphatic rings. The van der Waals surface area contributed by atoms with Gasteiger partial charge in [-0.15, -0.1) is 0 Å². The highest BCUT2D eigenvalue weighted by atomic mass is 35.5. The number of nitrogens with zero attached hydrogens (tertiary/aromatic N) is 1. The summed E-state index contributed by atoms with van der Waals surface area (Å²) >= 11 is 5.84. The first-order chi connectivity index (χ1) is 10.9. The standard InChI is InChI=1S/C16H17ClN2O4/c1-9(2)15-14(18-8-23-15)16(22)19-12(7-13(20)21)10-3-5-11(17)6-4-10/h3-6,8-9,12H,7H2,1-2H3,(H,19,22)(H,20,21). The number of nitrogens with one attached hydrogen (secondary N) is 1. The number of amides is 1. The van der Waals surface area contributed by atoms with Gasteiger partial charge in [0.05, 0.1) is 12.5 Å². The van der Waals surface area contributed by atoms with Crippen LogP contribution in [0.15, 0.2) is 35.1 Å². The fourth-order valence-electron chi connectivity index (χ4n) is 2.18. The lowest BCUT2D eigenvalue weighted by Crippen LogP contribution is -2.31. The van der Waals surface area contributed by atoms with Gasteiger partial charge >= 0.3 is 5.97 Å². The molecular formula is C16H17ClN2O4. The number of hydrogen-bond donors (Lipinski definition) is 2. The molecular weight excluding hydrogens is 320 g/mol. The predicted molar refractivity (Wildman–Crippen MR) is 84.5 cm³/mol. The van der Waals surface area contributed by atoms with Crippen LogP contribution < -0.4 is 5.32 Å². The number of oxazole rings is 1. The predicted octanol–water partition coefficient (Wildman–Crippen LogP) is 3.40. The normalized spacial score (nSPS) is 12.2. The molecule has 2 aromatic rings. The molecule has 1 atom stereocenters. The van der Waals surface area contributed by atoms with Gasteiger partial charge in [0.2, 0.25) is 0 Å². The number of benzene rings is 1. The summed E-state index contributed by atoms with van der Waals surface area (Å²) in [6.07, 6.45) is 0.959. The summed E-state index contributed by atoms with van der Waals surface area (Å²) in [4.78, 5) is 27.4. The van der Waals surface area contributed by atoms with Crippen LogP contribution in [0.4, 0.5) is 0 Å². The average molecular weight is 337 g/mol. The molecule has 0 saturated heterocycles. The average Bonchev–Trinajstić information content (AvgIpc) is 2.96. The maximum absolute atomic E-state index is 12.4. The molecule has 6 nitrogen and oxygen atoms in total. The van der Waals surface area contributed by atoms with Crippen LogP contribution >= 0.6 is 11.6 Å². The molecule has 0 aliphatic heterocycles. The van der Waals surface area contributed by atoms with Gasteiger partial charge in [0.15, 0.2) is 12.1 Å². The summed E-state index contributed by atoms with van der Waals surface area (Å²) in [7, 11) is 0. The number of hydrogen-bond acceptors (Lipinski definition) is 4. The summed E-state index contributed by atoms with van der Waals surface area (Å²) in [6.45, 7) is 3.76. The van der Waals surface area contributed by atoms with Crippen LogP contribution in [-0.4, -0.2) is 22.0 Å². The lowest BCUT2D eigenvalue weighted by atomic mass is 10.0. The zero-order chi connectivity index (χ0) is 17.0. The molecule has 1 amide bonds. The Kier molecular flexibility index (Phi) is 5.39. The largest absolute Gasteiger partial charge is 0.481 e. The third kappa shape index (κ3) is 4.32. The molecule has 0 aliphatic carbocycles. The fraction of sp³-hybridized carbons (Fsp3) is 0.312.